The van der Waals surface area contributed by atoms with E-state index in [1.807, 2.05) is 30.3 Å². The second-order valence-corrected chi connectivity index (χ2v) is 5.38. The number of amides is 2. The number of methoxy groups -OCH3 is 1. The number of hydrogen-bond acceptors (Lipinski definition) is 3. The molecule has 0 saturated carbocycles. The molecule has 6 nitrogen and oxygen atoms in total. The van der Waals surface area contributed by atoms with Crippen LogP contribution in [0.2, 0.25) is 0 Å². The first-order valence-corrected chi connectivity index (χ1v) is 7.33. The molecule has 3 rings (SSSR count). The number of piperazine rings is 1. The normalized spacial score (nSPS) is 15.3. The zero-order valence-electron chi connectivity index (χ0n) is 12.5. The van der Waals surface area contributed by atoms with Crippen molar-refractivity contribution in [2.24, 2.45) is 0 Å². The lowest BCUT2D eigenvalue weighted by Crippen LogP contribution is -2.51. The Morgan fingerprint density at radius 2 is 1.82 bits per heavy atom. The second-order valence-electron chi connectivity index (χ2n) is 5.38. The van der Waals surface area contributed by atoms with E-state index < -0.39 is 0 Å². The van der Waals surface area contributed by atoms with Gasteiger partial charge < -0.3 is 19.5 Å². The summed E-state index contributed by atoms with van der Waals surface area (Å²) in [5.41, 5.74) is 1.55. The maximum Gasteiger partial charge on any atom is 0.270 e. The molecule has 2 aromatic rings. The van der Waals surface area contributed by atoms with Gasteiger partial charge in [0.25, 0.3) is 5.91 Å². The molecule has 0 unspecified atom stereocenters. The van der Waals surface area contributed by atoms with Crippen molar-refractivity contribution in [1.82, 2.24) is 14.8 Å². The Labute approximate surface area is 128 Å². The van der Waals surface area contributed by atoms with Gasteiger partial charge in [-0.2, -0.15) is 0 Å². The van der Waals surface area contributed by atoms with E-state index in [1.54, 1.807) is 9.80 Å². The van der Waals surface area contributed by atoms with Crippen LogP contribution in [0.5, 0.6) is 0 Å². The number of para-hydroxylation sites is 1. The van der Waals surface area contributed by atoms with Gasteiger partial charge in [0, 0.05) is 44.2 Å². The third-order valence-electron chi connectivity index (χ3n) is 3.95. The van der Waals surface area contributed by atoms with E-state index in [-0.39, 0.29) is 18.4 Å². The van der Waals surface area contributed by atoms with E-state index in [1.165, 1.54) is 7.11 Å². The van der Waals surface area contributed by atoms with Crippen LogP contribution in [0.1, 0.15) is 10.5 Å². The van der Waals surface area contributed by atoms with Crippen LogP contribution in [0.4, 0.5) is 0 Å². The van der Waals surface area contributed by atoms with Gasteiger partial charge in [-0.15, -0.1) is 0 Å². The van der Waals surface area contributed by atoms with Crippen LogP contribution in [-0.4, -0.2) is 66.5 Å². The van der Waals surface area contributed by atoms with Gasteiger partial charge in [0.1, 0.15) is 12.3 Å². The van der Waals surface area contributed by atoms with E-state index in [0.717, 1.165) is 10.9 Å². The lowest BCUT2D eigenvalue weighted by atomic mass is 10.2. The average molecular weight is 301 g/mol. The molecule has 1 aliphatic heterocycles. The average Bonchev–Trinajstić information content (AvgIpc) is 2.98. The largest absolute Gasteiger partial charge is 0.375 e. The van der Waals surface area contributed by atoms with Crippen molar-refractivity contribution in [2.75, 3.05) is 39.9 Å². The molecule has 2 amide bonds. The Balaban J connectivity index is 1.65. The molecule has 1 aliphatic rings. The number of fused-ring (bicyclic) bond motifs is 1. The molecule has 0 bridgehead atoms. The van der Waals surface area contributed by atoms with Gasteiger partial charge in [0.15, 0.2) is 0 Å². The first-order valence-electron chi connectivity index (χ1n) is 7.33. The SMILES string of the molecule is COCC(=O)N1CCN(C(=O)c2cc3ccccc3[nH]2)CC1. The summed E-state index contributed by atoms with van der Waals surface area (Å²) in [5, 5.41) is 1.03. The molecule has 0 atom stereocenters. The summed E-state index contributed by atoms with van der Waals surface area (Å²) in [6, 6.07) is 9.69. The number of aromatic nitrogens is 1. The molecule has 22 heavy (non-hydrogen) atoms. The smallest absolute Gasteiger partial charge is 0.270 e. The van der Waals surface area contributed by atoms with E-state index in [2.05, 4.69) is 4.98 Å². The van der Waals surface area contributed by atoms with Crippen molar-refractivity contribution < 1.29 is 14.3 Å². The van der Waals surface area contributed by atoms with Gasteiger partial charge in [-0.05, 0) is 12.1 Å². The van der Waals surface area contributed by atoms with Crippen LogP contribution >= 0.6 is 0 Å². The Morgan fingerprint density at radius 3 is 2.50 bits per heavy atom. The van der Waals surface area contributed by atoms with Crippen LogP contribution in [-0.2, 0) is 9.53 Å². The van der Waals surface area contributed by atoms with Crippen LogP contribution in [0.15, 0.2) is 30.3 Å². The minimum absolute atomic E-state index is 0.0185. The van der Waals surface area contributed by atoms with E-state index in [9.17, 15) is 9.59 Å². The lowest BCUT2D eigenvalue weighted by molar-refractivity contribution is -0.136. The standard InChI is InChI=1S/C16H19N3O3/c1-22-11-15(20)18-6-8-19(9-7-18)16(21)14-10-12-4-2-3-5-13(12)17-14/h2-5,10,17H,6-9,11H2,1H3. The van der Waals surface area contributed by atoms with Gasteiger partial charge in [-0.3, -0.25) is 9.59 Å². The molecule has 2 heterocycles. The maximum absolute atomic E-state index is 12.5. The highest BCUT2D eigenvalue weighted by Crippen LogP contribution is 2.16. The highest BCUT2D eigenvalue weighted by Gasteiger charge is 2.25. The summed E-state index contributed by atoms with van der Waals surface area (Å²) in [6.45, 7) is 2.28. The van der Waals surface area contributed by atoms with Gasteiger partial charge in [0.2, 0.25) is 5.91 Å². The number of carbonyl (C=O) groups excluding carboxylic acids is 2. The third-order valence-corrected chi connectivity index (χ3v) is 3.95. The number of hydrogen-bond donors (Lipinski definition) is 1. The monoisotopic (exact) mass is 301 g/mol. The quantitative estimate of drug-likeness (QED) is 0.923. The van der Waals surface area contributed by atoms with E-state index >= 15 is 0 Å². The molecule has 0 radical (unpaired) electrons. The first-order chi connectivity index (χ1) is 10.7. The first kappa shape index (κ1) is 14.6. The number of ether oxygens (including phenoxy) is 1. The fourth-order valence-electron chi connectivity index (χ4n) is 2.73. The summed E-state index contributed by atoms with van der Waals surface area (Å²) < 4.78 is 4.86. The Hall–Kier alpha value is -2.34. The topological polar surface area (TPSA) is 65.6 Å². The summed E-state index contributed by atoms with van der Waals surface area (Å²) >= 11 is 0. The fraction of sp³-hybridized carbons (Fsp3) is 0.375. The zero-order chi connectivity index (χ0) is 15.5. The van der Waals surface area contributed by atoms with Crippen LogP contribution in [0.25, 0.3) is 10.9 Å². The number of H-pyrrole nitrogens is 1. The van der Waals surface area contributed by atoms with Crippen LogP contribution in [0, 0.1) is 0 Å². The van der Waals surface area contributed by atoms with Crippen molar-refractivity contribution in [3.63, 3.8) is 0 Å². The Bertz CT molecular complexity index is 654. The van der Waals surface area contributed by atoms with E-state index in [4.69, 9.17) is 4.74 Å². The molecule has 6 heteroatoms. The molecular weight excluding hydrogens is 282 g/mol. The Kier molecular flexibility index (Phi) is 4.11. The maximum atomic E-state index is 12.5. The van der Waals surface area contributed by atoms with Crippen LogP contribution < -0.4 is 0 Å². The number of aromatic amines is 1. The van der Waals surface area contributed by atoms with Crippen LogP contribution in [0.3, 0.4) is 0 Å². The summed E-state index contributed by atoms with van der Waals surface area (Å²) in [5.74, 6) is -0.0461. The molecule has 1 N–H and O–H groups in total. The second kappa shape index (κ2) is 6.19. The predicted octanol–water partition coefficient (Wildman–Crippen LogP) is 1.10. The number of nitrogens with one attached hydrogen (secondary N) is 1. The van der Waals surface area contributed by atoms with Gasteiger partial charge in [0.05, 0.1) is 0 Å². The Morgan fingerprint density at radius 1 is 1.14 bits per heavy atom. The molecule has 0 aliphatic carbocycles. The van der Waals surface area contributed by atoms with Gasteiger partial charge >= 0.3 is 0 Å². The summed E-state index contributed by atoms with van der Waals surface area (Å²) in [7, 11) is 1.51. The third kappa shape index (κ3) is 2.82. The lowest BCUT2D eigenvalue weighted by Gasteiger charge is -2.34. The predicted molar refractivity (Wildman–Crippen MR) is 82.7 cm³/mol. The molecule has 1 aromatic heterocycles. The van der Waals surface area contributed by atoms with Crippen molar-refractivity contribution >= 4 is 22.7 Å². The molecular formula is C16H19N3O3. The zero-order valence-corrected chi connectivity index (χ0v) is 12.5. The van der Waals surface area contributed by atoms with Crippen molar-refractivity contribution in [3.8, 4) is 0 Å². The van der Waals surface area contributed by atoms with Gasteiger partial charge in [-0.25, -0.2) is 0 Å². The minimum atomic E-state index is -0.0276. The summed E-state index contributed by atoms with van der Waals surface area (Å²) in [4.78, 5) is 31.0. The molecule has 0 spiro atoms. The van der Waals surface area contributed by atoms with Crippen molar-refractivity contribution in [2.45, 2.75) is 0 Å². The van der Waals surface area contributed by atoms with Crippen molar-refractivity contribution in [3.05, 3.63) is 36.0 Å². The number of rotatable bonds is 3. The summed E-state index contributed by atoms with van der Waals surface area (Å²) in [6.07, 6.45) is 0. The molecule has 1 saturated heterocycles. The number of benzene rings is 1. The number of carbonyl (C=O) groups is 2. The highest BCUT2D eigenvalue weighted by molar-refractivity contribution is 5.98. The highest BCUT2D eigenvalue weighted by atomic mass is 16.5. The van der Waals surface area contributed by atoms with Crippen molar-refractivity contribution in [1.29, 1.82) is 0 Å². The minimum Gasteiger partial charge on any atom is -0.375 e. The van der Waals surface area contributed by atoms with Gasteiger partial charge in [-0.1, -0.05) is 18.2 Å². The number of nitrogens with zero attached hydrogens (tertiary/aromatic N) is 2. The fourth-order valence-corrected chi connectivity index (χ4v) is 2.73. The molecule has 1 fully saturated rings. The molecule has 1 aromatic carbocycles. The molecule has 116 valence electrons. The van der Waals surface area contributed by atoms with E-state index in [0.29, 0.717) is 31.9 Å².